The van der Waals surface area contributed by atoms with Gasteiger partial charge in [-0.3, -0.25) is 10.1 Å². The number of methoxy groups -OCH3 is 1. The quantitative estimate of drug-likeness (QED) is 0.579. The highest BCUT2D eigenvalue weighted by atomic mass is 19.2. The van der Waals surface area contributed by atoms with Crippen LogP contribution in [0.15, 0.2) is 6.07 Å². The molecule has 0 heterocycles. The summed E-state index contributed by atoms with van der Waals surface area (Å²) >= 11 is 0. The summed E-state index contributed by atoms with van der Waals surface area (Å²) in [6, 6.07) is 0.370. The fourth-order valence-corrected chi connectivity index (χ4v) is 1.98. The molecule has 1 rings (SSSR count). The van der Waals surface area contributed by atoms with Crippen LogP contribution in [0.2, 0.25) is 0 Å². The fourth-order valence-electron chi connectivity index (χ4n) is 1.98. The highest BCUT2D eigenvalue weighted by Gasteiger charge is 2.26. The van der Waals surface area contributed by atoms with Gasteiger partial charge in [0.1, 0.15) is 5.60 Å². The third-order valence-corrected chi connectivity index (χ3v) is 3.01. The number of hydrogen-bond acceptors (Lipinski definition) is 6. The summed E-state index contributed by atoms with van der Waals surface area (Å²) in [5.41, 5.74) is -1.70. The molecule has 0 aromatic heterocycles. The molecule has 26 heavy (non-hydrogen) atoms. The van der Waals surface area contributed by atoms with Crippen molar-refractivity contribution in [2.24, 2.45) is 0 Å². The van der Waals surface area contributed by atoms with Crippen LogP contribution in [0.25, 0.3) is 0 Å². The van der Waals surface area contributed by atoms with Crippen molar-refractivity contribution in [3.63, 3.8) is 0 Å². The third kappa shape index (κ3) is 6.10. The first-order valence-corrected chi connectivity index (χ1v) is 7.72. The number of alkyl carbamates (subject to hydrolysis) is 1. The lowest BCUT2D eigenvalue weighted by Crippen LogP contribution is -2.39. The maximum absolute atomic E-state index is 14.0. The van der Waals surface area contributed by atoms with Gasteiger partial charge < -0.3 is 19.5 Å². The van der Waals surface area contributed by atoms with E-state index in [1.165, 1.54) is 0 Å². The third-order valence-electron chi connectivity index (χ3n) is 3.01. The van der Waals surface area contributed by atoms with Gasteiger partial charge in [0.05, 0.1) is 31.3 Å². The van der Waals surface area contributed by atoms with Gasteiger partial charge in [-0.25, -0.2) is 9.18 Å². The molecule has 0 aliphatic heterocycles. The average molecular weight is 376 g/mol. The summed E-state index contributed by atoms with van der Waals surface area (Å²) < 4.78 is 42.7. The van der Waals surface area contributed by atoms with Gasteiger partial charge in [0.2, 0.25) is 11.6 Å². The number of carbonyl (C=O) groups is 1. The smallest absolute Gasteiger partial charge is 0.407 e. The molecule has 1 N–H and O–H groups in total. The average Bonchev–Trinajstić information content (AvgIpc) is 2.48. The molecular weight excluding hydrogens is 354 g/mol. The standard InChI is InChI=1S/C16H22F2N2O6/c1-9(19-15(21)26-16(2,3)4)7-25-8-10-6-11(20(22)23)14(24-5)13(18)12(10)17/h6,9H,7-8H2,1-5H3,(H,19,21)/t9-/m1/s1. The molecule has 0 saturated heterocycles. The van der Waals surface area contributed by atoms with E-state index in [9.17, 15) is 23.7 Å². The Morgan fingerprint density at radius 2 is 1.96 bits per heavy atom. The van der Waals surface area contributed by atoms with Crippen LogP contribution in [0.3, 0.4) is 0 Å². The van der Waals surface area contributed by atoms with Crippen LogP contribution < -0.4 is 10.1 Å². The first-order chi connectivity index (χ1) is 12.0. The number of benzene rings is 1. The van der Waals surface area contributed by atoms with Crippen molar-refractivity contribution in [2.45, 2.75) is 45.9 Å². The lowest BCUT2D eigenvalue weighted by atomic mass is 10.1. The molecule has 10 heteroatoms. The van der Waals surface area contributed by atoms with Crippen molar-refractivity contribution < 1.29 is 32.7 Å². The Balaban J connectivity index is 2.71. The minimum atomic E-state index is -1.46. The Kier molecular flexibility index (Phi) is 7.25. The van der Waals surface area contributed by atoms with Crippen molar-refractivity contribution in [1.82, 2.24) is 5.32 Å². The maximum atomic E-state index is 14.0. The predicted molar refractivity (Wildman–Crippen MR) is 88.1 cm³/mol. The number of nitrogens with one attached hydrogen (secondary N) is 1. The minimum absolute atomic E-state index is 0.0415. The van der Waals surface area contributed by atoms with Gasteiger partial charge in [-0.2, -0.15) is 4.39 Å². The van der Waals surface area contributed by atoms with Crippen LogP contribution in [0.5, 0.6) is 5.75 Å². The van der Waals surface area contributed by atoms with Crippen LogP contribution in [0.4, 0.5) is 19.3 Å². The monoisotopic (exact) mass is 376 g/mol. The minimum Gasteiger partial charge on any atom is -0.488 e. The maximum Gasteiger partial charge on any atom is 0.407 e. The van der Waals surface area contributed by atoms with Gasteiger partial charge in [-0.15, -0.1) is 0 Å². The van der Waals surface area contributed by atoms with Gasteiger partial charge in [-0.05, 0) is 27.7 Å². The van der Waals surface area contributed by atoms with E-state index in [-0.39, 0.29) is 12.2 Å². The van der Waals surface area contributed by atoms with Gasteiger partial charge in [-0.1, -0.05) is 0 Å². The van der Waals surface area contributed by atoms with Crippen molar-refractivity contribution in [1.29, 1.82) is 0 Å². The van der Waals surface area contributed by atoms with Crippen LogP contribution in [0, 0.1) is 21.7 Å². The van der Waals surface area contributed by atoms with E-state index >= 15 is 0 Å². The number of amides is 1. The first kappa shape index (κ1) is 21.6. The van der Waals surface area contributed by atoms with Crippen LogP contribution in [-0.2, 0) is 16.1 Å². The van der Waals surface area contributed by atoms with Crippen LogP contribution >= 0.6 is 0 Å². The molecular formula is C16H22F2N2O6. The van der Waals surface area contributed by atoms with Crippen molar-refractivity contribution in [3.05, 3.63) is 33.4 Å². The molecule has 0 fully saturated rings. The van der Waals surface area contributed by atoms with Crippen molar-refractivity contribution >= 4 is 11.8 Å². The van der Waals surface area contributed by atoms with E-state index in [0.717, 1.165) is 13.2 Å². The van der Waals surface area contributed by atoms with Gasteiger partial charge in [0.25, 0.3) is 0 Å². The summed E-state index contributed by atoms with van der Waals surface area (Å²) in [6.45, 7) is 6.29. The topological polar surface area (TPSA) is 99.9 Å². The molecule has 0 aliphatic rings. The fraction of sp³-hybridized carbons (Fsp3) is 0.562. The molecule has 0 unspecified atom stereocenters. The van der Waals surface area contributed by atoms with E-state index in [0.29, 0.717) is 0 Å². The summed E-state index contributed by atoms with van der Waals surface area (Å²) in [5.74, 6) is -3.53. The summed E-state index contributed by atoms with van der Waals surface area (Å²) in [6.07, 6.45) is -0.647. The summed E-state index contributed by atoms with van der Waals surface area (Å²) in [5, 5.41) is 13.5. The Hall–Kier alpha value is -2.49. The lowest BCUT2D eigenvalue weighted by Gasteiger charge is -2.22. The number of halogens is 2. The van der Waals surface area contributed by atoms with E-state index in [2.05, 4.69) is 10.1 Å². The lowest BCUT2D eigenvalue weighted by molar-refractivity contribution is -0.386. The Morgan fingerprint density at radius 1 is 1.35 bits per heavy atom. The zero-order valence-corrected chi connectivity index (χ0v) is 15.2. The number of hydrogen-bond donors (Lipinski definition) is 1. The number of ether oxygens (including phenoxy) is 3. The summed E-state index contributed by atoms with van der Waals surface area (Å²) in [4.78, 5) is 21.7. The predicted octanol–water partition coefficient (Wildman–Crippen LogP) is 3.31. The number of nitro benzene ring substituents is 1. The Morgan fingerprint density at radius 3 is 2.46 bits per heavy atom. The highest BCUT2D eigenvalue weighted by molar-refractivity contribution is 5.68. The molecule has 1 aromatic carbocycles. The number of nitrogens with zero attached hydrogens (tertiary/aromatic N) is 1. The Bertz CT molecular complexity index is 676. The highest BCUT2D eigenvalue weighted by Crippen LogP contribution is 2.33. The molecule has 0 spiro atoms. The number of rotatable bonds is 7. The van der Waals surface area contributed by atoms with E-state index < -0.39 is 52.3 Å². The molecule has 8 nitrogen and oxygen atoms in total. The first-order valence-electron chi connectivity index (χ1n) is 7.72. The van der Waals surface area contributed by atoms with Gasteiger partial charge in [0.15, 0.2) is 5.82 Å². The second-order valence-electron chi connectivity index (χ2n) is 6.54. The SMILES string of the molecule is COc1c([N+](=O)[O-])cc(COC[C@@H](C)NC(=O)OC(C)(C)C)c(F)c1F. The second kappa shape index (κ2) is 8.75. The Labute approximate surface area is 149 Å². The largest absolute Gasteiger partial charge is 0.488 e. The summed E-state index contributed by atoms with van der Waals surface area (Å²) in [7, 11) is 1.01. The van der Waals surface area contributed by atoms with Gasteiger partial charge >= 0.3 is 11.8 Å². The van der Waals surface area contributed by atoms with Gasteiger partial charge in [0, 0.05) is 11.6 Å². The molecule has 0 aliphatic carbocycles. The number of carbonyl (C=O) groups excluding carboxylic acids is 1. The molecule has 1 amide bonds. The zero-order valence-electron chi connectivity index (χ0n) is 15.2. The molecule has 1 atom stereocenters. The molecule has 1 aromatic rings. The van der Waals surface area contributed by atoms with E-state index in [4.69, 9.17) is 9.47 Å². The van der Waals surface area contributed by atoms with E-state index in [1.807, 2.05) is 0 Å². The number of nitro groups is 1. The second-order valence-corrected chi connectivity index (χ2v) is 6.54. The van der Waals surface area contributed by atoms with Crippen molar-refractivity contribution in [2.75, 3.05) is 13.7 Å². The van der Waals surface area contributed by atoms with Crippen LogP contribution in [-0.4, -0.2) is 36.4 Å². The zero-order chi connectivity index (χ0) is 20.1. The normalized spacial score (nSPS) is 12.4. The molecule has 0 saturated carbocycles. The molecule has 146 valence electrons. The molecule has 0 bridgehead atoms. The van der Waals surface area contributed by atoms with Crippen molar-refractivity contribution in [3.8, 4) is 5.75 Å². The van der Waals surface area contributed by atoms with E-state index in [1.54, 1.807) is 27.7 Å². The van der Waals surface area contributed by atoms with Crippen LogP contribution in [0.1, 0.15) is 33.3 Å². The molecule has 0 radical (unpaired) electrons.